The summed E-state index contributed by atoms with van der Waals surface area (Å²) < 4.78 is 5.44. The summed E-state index contributed by atoms with van der Waals surface area (Å²) in [4.78, 5) is 37.1. The van der Waals surface area contributed by atoms with Crippen LogP contribution in [-0.2, 0) is 4.79 Å². The number of nitro benzene ring substituents is 1. The normalized spacial score (nSPS) is 17.6. The fourth-order valence-corrected chi connectivity index (χ4v) is 3.71. The van der Waals surface area contributed by atoms with Gasteiger partial charge < -0.3 is 9.64 Å². The van der Waals surface area contributed by atoms with Crippen LogP contribution in [0.5, 0.6) is 5.75 Å². The van der Waals surface area contributed by atoms with Gasteiger partial charge in [-0.25, -0.2) is 4.79 Å². The largest absolute Gasteiger partial charge is 0.415 e. The molecule has 0 spiro atoms. The number of rotatable bonds is 5. The summed E-state index contributed by atoms with van der Waals surface area (Å²) in [5.41, 5.74) is 0.811. The first-order chi connectivity index (χ1) is 13.5. The Kier molecular flexibility index (Phi) is 6.03. The first-order valence-corrected chi connectivity index (χ1v) is 9.25. The molecule has 0 aromatic heterocycles. The molecule has 0 radical (unpaired) electrons. The van der Waals surface area contributed by atoms with Crippen molar-refractivity contribution in [2.75, 3.05) is 6.54 Å². The number of amides is 1. The number of Topliss-reactive ketones (excluding diaryl/α,β-unsaturated/α-hetero) is 1. The van der Waals surface area contributed by atoms with Gasteiger partial charge in [0.15, 0.2) is 0 Å². The molecule has 1 aliphatic heterocycles. The molecule has 3 rings (SSSR count). The summed E-state index contributed by atoms with van der Waals surface area (Å²) in [7, 11) is 0. The van der Waals surface area contributed by atoms with E-state index >= 15 is 0 Å². The van der Waals surface area contributed by atoms with Crippen molar-refractivity contribution in [2.45, 2.75) is 38.1 Å². The van der Waals surface area contributed by atoms with Crippen molar-refractivity contribution in [2.24, 2.45) is 0 Å². The summed E-state index contributed by atoms with van der Waals surface area (Å²) in [6.45, 7) is 2.05. The molecular weight excluding hydrogens is 360 g/mol. The van der Waals surface area contributed by atoms with E-state index in [1.54, 1.807) is 11.8 Å². The number of benzene rings is 2. The van der Waals surface area contributed by atoms with Crippen molar-refractivity contribution >= 4 is 17.6 Å². The van der Waals surface area contributed by atoms with Crippen LogP contribution in [0.15, 0.2) is 54.6 Å². The van der Waals surface area contributed by atoms with E-state index in [2.05, 4.69) is 0 Å². The molecule has 146 valence electrons. The minimum atomic E-state index is -0.541. The van der Waals surface area contributed by atoms with Crippen LogP contribution in [0.4, 0.5) is 10.5 Å². The van der Waals surface area contributed by atoms with Crippen LogP contribution in [0.1, 0.15) is 37.7 Å². The quantitative estimate of drug-likeness (QED) is 0.567. The molecule has 28 heavy (non-hydrogen) atoms. The number of ether oxygens (including phenoxy) is 1. The molecule has 0 aliphatic carbocycles. The number of non-ortho nitro benzene ring substituents is 1. The third kappa shape index (κ3) is 4.36. The van der Waals surface area contributed by atoms with E-state index in [0.717, 1.165) is 18.4 Å². The molecule has 2 aromatic carbocycles. The predicted molar refractivity (Wildman–Crippen MR) is 103 cm³/mol. The zero-order valence-corrected chi connectivity index (χ0v) is 15.6. The van der Waals surface area contributed by atoms with Gasteiger partial charge in [-0.3, -0.25) is 14.9 Å². The van der Waals surface area contributed by atoms with Gasteiger partial charge in [-0.1, -0.05) is 30.3 Å². The first-order valence-electron chi connectivity index (χ1n) is 9.25. The minimum absolute atomic E-state index is 0.00577. The van der Waals surface area contributed by atoms with Crippen LogP contribution in [0.2, 0.25) is 0 Å². The SMILES string of the molecule is CC(=O)C(c1ccccc1)C1CCCCN1C(=O)Oc1ccc([N+](=O)[O-])cc1. The minimum Gasteiger partial charge on any atom is -0.410 e. The van der Waals surface area contributed by atoms with Crippen molar-refractivity contribution < 1.29 is 19.2 Å². The Hall–Kier alpha value is -3.22. The number of nitrogens with zero attached hydrogens (tertiary/aromatic N) is 2. The van der Waals surface area contributed by atoms with Gasteiger partial charge in [0.1, 0.15) is 11.5 Å². The maximum Gasteiger partial charge on any atom is 0.415 e. The molecule has 2 atom stereocenters. The number of hydrogen-bond donors (Lipinski definition) is 0. The average molecular weight is 382 g/mol. The molecule has 1 amide bonds. The molecule has 1 saturated heterocycles. The van der Waals surface area contributed by atoms with Crippen LogP contribution < -0.4 is 4.74 Å². The van der Waals surface area contributed by atoms with Crippen LogP contribution in [-0.4, -0.2) is 34.3 Å². The average Bonchev–Trinajstić information content (AvgIpc) is 2.69. The van der Waals surface area contributed by atoms with Gasteiger partial charge >= 0.3 is 6.09 Å². The van der Waals surface area contributed by atoms with E-state index in [1.807, 2.05) is 30.3 Å². The van der Waals surface area contributed by atoms with Crippen molar-refractivity contribution in [3.8, 4) is 5.75 Å². The number of piperidine rings is 1. The van der Waals surface area contributed by atoms with E-state index in [9.17, 15) is 19.7 Å². The van der Waals surface area contributed by atoms with E-state index in [-0.39, 0.29) is 23.3 Å². The molecule has 1 fully saturated rings. The fraction of sp³-hybridized carbons (Fsp3) is 0.333. The van der Waals surface area contributed by atoms with Crippen molar-refractivity contribution in [3.63, 3.8) is 0 Å². The van der Waals surface area contributed by atoms with Gasteiger partial charge in [-0.2, -0.15) is 0 Å². The monoisotopic (exact) mass is 382 g/mol. The van der Waals surface area contributed by atoms with E-state index in [0.29, 0.717) is 13.0 Å². The smallest absolute Gasteiger partial charge is 0.410 e. The molecule has 2 unspecified atom stereocenters. The summed E-state index contributed by atoms with van der Waals surface area (Å²) in [6.07, 6.45) is 1.95. The maximum atomic E-state index is 12.8. The zero-order chi connectivity index (χ0) is 20.1. The molecule has 1 heterocycles. The Balaban J connectivity index is 1.80. The van der Waals surface area contributed by atoms with Gasteiger partial charge in [-0.15, -0.1) is 0 Å². The van der Waals surface area contributed by atoms with Crippen molar-refractivity contribution in [1.29, 1.82) is 0 Å². The number of nitro groups is 1. The standard InChI is InChI=1S/C21H22N2O5/c1-15(24)20(16-7-3-2-4-8-16)19-9-5-6-14-22(19)21(25)28-18-12-10-17(11-13-18)23(26)27/h2-4,7-8,10-13,19-20H,5-6,9,14H2,1H3. The van der Waals surface area contributed by atoms with Crippen LogP contribution in [0.3, 0.4) is 0 Å². The molecule has 2 aromatic rings. The third-order valence-corrected chi connectivity index (χ3v) is 5.02. The van der Waals surface area contributed by atoms with Gasteiger partial charge in [0.05, 0.1) is 10.8 Å². The number of hydrogen-bond acceptors (Lipinski definition) is 5. The Morgan fingerprint density at radius 1 is 1.11 bits per heavy atom. The highest BCUT2D eigenvalue weighted by Gasteiger charge is 2.37. The Morgan fingerprint density at radius 2 is 1.79 bits per heavy atom. The topological polar surface area (TPSA) is 89.8 Å². The molecule has 0 saturated carbocycles. The molecule has 0 N–H and O–H groups in total. The lowest BCUT2D eigenvalue weighted by Gasteiger charge is -2.39. The summed E-state index contributed by atoms with van der Waals surface area (Å²) in [5.74, 6) is -0.170. The predicted octanol–water partition coefficient (Wildman–Crippen LogP) is 4.32. The van der Waals surface area contributed by atoms with Crippen molar-refractivity contribution in [3.05, 3.63) is 70.3 Å². The summed E-state index contributed by atoms with van der Waals surface area (Å²) in [6, 6.07) is 14.6. The fourth-order valence-electron chi connectivity index (χ4n) is 3.71. The van der Waals surface area contributed by atoms with Crippen LogP contribution in [0.25, 0.3) is 0 Å². The first kappa shape index (κ1) is 19.5. The van der Waals surface area contributed by atoms with Gasteiger partial charge in [0.2, 0.25) is 0 Å². The summed E-state index contributed by atoms with van der Waals surface area (Å²) in [5, 5.41) is 10.8. The molecule has 7 heteroatoms. The second-order valence-corrected chi connectivity index (χ2v) is 6.87. The van der Waals surface area contributed by atoms with E-state index < -0.39 is 16.9 Å². The highest BCUT2D eigenvalue weighted by atomic mass is 16.6. The van der Waals surface area contributed by atoms with Crippen molar-refractivity contribution in [1.82, 2.24) is 4.90 Å². The van der Waals surface area contributed by atoms with E-state index in [1.165, 1.54) is 24.3 Å². The molecular formula is C21H22N2O5. The lowest BCUT2D eigenvalue weighted by atomic mass is 9.83. The molecule has 0 bridgehead atoms. The van der Waals surface area contributed by atoms with Crippen LogP contribution in [0, 0.1) is 10.1 Å². The second kappa shape index (κ2) is 8.65. The Labute approximate surface area is 163 Å². The second-order valence-electron chi connectivity index (χ2n) is 6.87. The number of carbonyl (C=O) groups excluding carboxylic acids is 2. The number of ketones is 1. The van der Waals surface area contributed by atoms with E-state index in [4.69, 9.17) is 4.74 Å². The molecule has 1 aliphatic rings. The maximum absolute atomic E-state index is 12.8. The lowest BCUT2D eigenvalue weighted by molar-refractivity contribution is -0.384. The summed E-state index contributed by atoms with van der Waals surface area (Å²) >= 11 is 0. The molecule has 7 nitrogen and oxygen atoms in total. The Morgan fingerprint density at radius 3 is 2.39 bits per heavy atom. The number of likely N-dealkylation sites (tertiary alicyclic amines) is 1. The van der Waals surface area contributed by atoms with Gasteiger partial charge in [-0.05, 0) is 43.9 Å². The number of carbonyl (C=O) groups is 2. The highest BCUT2D eigenvalue weighted by molar-refractivity contribution is 5.85. The van der Waals surface area contributed by atoms with Gasteiger partial charge in [0.25, 0.3) is 5.69 Å². The Bertz CT molecular complexity index is 851. The zero-order valence-electron chi connectivity index (χ0n) is 15.6. The van der Waals surface area contributed by atoms with Gasteiger partial charge in [0, 0.05) is 24.7 Å². The van der Waals surface area contributed by atoms with Crippen LogP contribution >= 0.6 is 0 Å². The lowest BCUT2D eigenvalue weighted by Crippen LogP contribution is -2.49. The third-order valence-electron chi connectivity index (χ3n) is 5.02. The highest BCUT2D eigenvalue weighted by Crippen LogP contribution is 2.32.